The zero-order valence-corrected chi connectivity index (χ0v) is 47.5. The Hall–Kier alpha value is -2.63. The third-order valence-electron chi connectivity index (χ3n) is 13.8. The van der Waals surface area contributed by atoms with Gasteiger partial charge in [-0.3, -0.25) is 14.4 Å². The molecule has 0 aliphatic rings. The maximum Gasteiger partial charge on any atom is 0.306 e. The zero-order valence-electron chi connectivity index (χ0n) is 47.5. The molecule has 414 valence electrons. The lowest BCUT2D eigenvalue weighted by Gasteiger charge is -2.18. The molecule has 0 aliphatic carbocycles. The lowest BCUT2D eigenvalue weighted by Crippen LogP contribution is -2.30. The molecular formula is C65H118O6. The Morgan fingerprint density at radius 1 is 0.282 bits per heavy atom. The second-order valence-corrected chi connectivity index (χ2v) is 21.0. The van der Waals surface area contributed by atoms with Crippen molar-refractivity contribution in [2.75, 3.05) is 13.2 Å². The first-order valence-corrected chi connectivity index (χ1v) is 31.1. The first-order valence-electron chi connectivity index (χ1n) is 31.1. The third-order valence-corrected chi connectivity index (χ3v) is 13.8. The highest BCUT2D eigenvalue weighted by molar-refractivity contribution is 5.71. The number of rotatable bonds is 57. The van der Waals surface area contributed by atoms with Gasteiger partial charge in [0.05, 0.1) is 0 Å². The topological polar surface area (TPSA) is 78.9 Å². The van der Waals surface area contributed by atoms with Gasteiger partial charge in [0.1, 0.15) is 13.2 Å². The number of carbonyl (C=O) groups is 3. The van der Waals surface area contributed by atoms with E-state index < -0.39 is 6.10 Å². The highest BCUT2D eigenvalue weighted by atomic mass is 16.6. The molecule has 0 aromatic carbocycles. The van der Waals surface area contributed by atoms with Crippen molar-refractivity contribution in [2.24, 2.45) is 0 Å². The zero-order chi connectivity index (χ0) is 51.4. The van der Waals surface area contributed by atoms with Gasteiger partial charge in [0, 0.05) is 19.3 Å². The SMILES string of the molecule is CCCCC/C=C\C/C=C\C/C=C\CCCCCCCCC(=O)OC[C@@H](COC(=O)CCCCCCC/C=C\CCCCCCCCC)OC(=O)CCCCCCCCCCCCCCCCCCCC. The fourth-order valence-electron chi connectivity index (χ4n) is 9.09. The van der Waals surface area contributed by atoms with Crippen molar-refractivity contribution >= 4 is 17.9 Å². The number of unbranched alkanes of at least 4 members (excludes halogenated alkanes) is 38. The minimum absolute atomic E-state index is 0.0785. The van der Waals surface area contributed by atoms with Crippen LogP contribution < -0.4 is 0 Å². The molecule has 0 N–H and O–H groups in total. The molecule has 6 nitrogen and oxygen atoms in total. The normalized spacial score (nSPS) is 12.3. The molecule has 0 aromatic heterocycles. The Morgan fingerprint density at radius 2 is 0.507 bits per heavy atom. The van der Waals surface area contributed by atoms with Gasteiger partial charge >= 0.3 is 17.9 Å². The molecule has 0 rings (SSSR count). The van der Waals surface area contributed by atoms with Crippen molar-refractivity contribution in [1.82, 2.24) is 0 Å². The smallest absolute Gasteiger partial charge is 0.306 e. The van der Waals surface area contributed by atoms with Crippen molar-refractivity contribution in [3.05, 3.63) is 48.6 Å². The minimum Gasteiger partial charge on any atom is -0.462 e. The van der Waals surface area contributed by atoms with Crippen LogP contribution in [0.1, 0.15) is 329 Å². The van der Waals surface area contributed by atoms with Gasteiger partial charge in [0.15, 0.2) is 6.10 Å². The maximum atomic E-state index is 12.9. The fourth-order valence-corrected chi connectivity index (χ4v) is 9.09. The average Bonchev–Trinajstić information content (AvgIpc) is 3.37. The van der Waals surface area contributed by atoms with Crippen molar-refractivity contribution < 1.29 is 28.6 Å². The van der Waals surface area contributed by atoms with Crippen LogP contribution in [0.25, 0.3) is 0 Å². The maximum absolute atomic E-state index is 12.9. The molecule has 0 heterocycles. The number of carbonyl (C=O) groups excluding carboxylic acids is 3. The van der Waals surface area contributed by atoms with Crippen LogP contribution in [0, 0.1) is 0 Å². The molecular weight excluding hydrogens is 877 g/mol. The molecule has 1 atom stereocenters. The monoisotopic (exact) mass is 995 g/mol. The summed E-state index contributed by atoms with van der Waals surface area (Å²) in [5.41, 5.74) is 0. The molecule has 0 fully saturated rings. The Kier molecular flexibility index (Phi) is 57.7. The number of allylic oxidation sites excluding steroid dienone is 8. The molecule has 0 aliphatic heterocycles. The van der Waals surface area contributed by atoms with E-state index in [2.05, 4.69) is 69.4 Å². The van der Waals surface area contributed by atoms with E-state index in [4.69, 9.17) is 14.2 Å². The van der Waals surface area contributed by atoms with Gasteiger partial charge in [0.25, 0.3) is 0 Å². The second kappa shape index (κ2) is 59.9. The Balaban J connectivity index is 4.38. The van der Waals surface area contributed by atoms with Gasteiger partial charge in [-0.15, -0.1) is 0 Å². The summed E-state index contributed by atoms with van der Waals surface area (Å²) < 4.78 is 16.9. The van der Waals surface area contributed by atoms with Crippen molar-refractivity contribution in [2.45, 2.75) is 335 Å². The second-order valence-electron chi connectivity index (χ2n) is 21.0. The van der Waals surface area contributed by atoms with Gasteiger partial charge < -0.3 is 14.2 Å². The van der Waals surface area contributed by atoms with Crippen LogP contribution in [0.5, 0.6) is 0 Å². The third kappa shape index (κ3) is 58.1. The molecule has 0 aromatic rings. The summed E-state index contributed by atoms with van der Waals surface area (Å²) in [5, 5.41) is 0. The molecule has 0 spiro atoms. The number of hydrogen-bond acceptors (Lipinski definition) is 6. The van der Waals surface area contributed by atoms with Gasteiger partial charge in [0.2, 0.25) is 0 Å². The summed E-state index contributed by atoms with van der Waals surface area (Å²) in [6.07, 6.45) is 73.9. The van der Waals surface area contributed by atoms with Crippen molar-refractivity contribution in [3.8, 4) is 0 Å². The average molecular weight is 996 g/mol. The van der Waals surface area contributed by atoms with E-state index in [1.807, 2.05) is 0 Å². The van der Waals surface area contributed by atoms with Gasteiger partial charge in [-0.1, -0.05) is 275 Å². The highest BCUT2D eigenvalue weighted by Crippen LogP contribution is 2.17. The highest BCUT2D eigenvalue weighted by Gasteiger charge is 2.19. The van der Waals surface area contributed by atoms with Gasteiger partial charge in [-0.2, -0.15) is 0 Å². The summed E-state index contributed by atoms with van der Waals surface area (Å²) in [6, 6.07) is 0. The van der Waals surface area contributed by atoms with E-state index in [1.165, 1.54) is 205 Å². The molecule has 0 radical (unpaired) electrons. The summed E-state index contributed by atoms with van der Waals surface area (Å²) in [7, 11) is 0. The van der Waals surface area contributed by atoms with Crippen LogP contribution in [0.3, 0.4) is 0 Å². The fraction of sp³-hybridized carbons (Fsp3) is 0.831. The summed E-state index contributed by atoms with van der Waals surface area (Å²) >= 11 is 0. The van der Waals surface area contributed by atoms with Gasteiger partial charge in [-0.05, 0) is 83.5 Å². The van der Waals surface area contributed by atoms with E-state index >= 15 is 0 Å². The first kappa shape index (κ1) is 68.4. The van der Waals surface area contributed by atoms with Crippen LogP contribution in [-0.2, 0) is 28.6 Å². The molecule has 0 saturated carbocycles. The standard InChI is InChI=1S/C65H118O6/c1-4-7-10-13-16-19-22-25-28-31-33-35-37-40-43-46-49-52-55-58-64(67)70-61-62(60-69-63(66)57-54-51-48-45-42-39-36-30-27-24-21-18-15-12-9-6-3)71-65(68)59-56-53-50-47-44-41-38-34-32-29-26-23-20-17-14-11-8-5-2/h16,19,25,28,30,33,35-36,62H,4-15,17-18,20-24,26-27,29,31-32,34,37-61H2,1-3H3/b19-16-,28-25-,35-33-,36-30-/t62-/m1/s1. The molecule has 0 saturated heterocycles. The van der Waals surface area contributed by atoms with Crippen LogP contribution in [0.2, 0.25) is 0 Å². The lowest BCUT2D eigenvalue weighted by molar-refractivity contribution is -0.167. The predicted octanol–water partition coefficient (Wildman–Crippen LogP) is 21.0. The van der Waals surface area contributed by atoms with Crippen molar-refractivity contribution in [1.29, 1.82) is 0 Å². The van der Waals surface area contributed by atoms with E-state index in [1.54, 1.807) is 0 Å². The van der Waals surface area contributed by atoms with Crippen LogP contribution >= 0.6 is 0 Å². The Labute approximate surface area is 441 Å². The number of esters is 3. The lowest BCUT2D eigenvalue weighted by atomic mass is 10.0. The number of ether oxygens (including phenoxy) is 3. The van der Waals surface area contributed by atoms with Gasteiger partial charge in [-0.25, -0.2) is 0 Å². The number of hydrogen-bond donors (Lipinski definition) is 0. The van der Waals surface area contributed by atoms with E-state index in [0.717, 1.165) is 83.5 Å². The first-order chi connectivity index (χ1) is 35.0. The van der Waals surface area contributed by atoms with Crippen molar-refractivity contribution in [3.63, 3.8) is 0 Å². The quantitative estimate of drug-likeness (QED) is 0.0261. The van der Waals surface area contributed by atoms with E-state index in [0.29, 0.717) is 19.3 Å². The minimum atomic E-state index is -0.780. The molecule has 6 heteroatoms. The Bertz CT molecular complexity index is 1230. The van der Waals surface area contributed by atoms with E-state index in [-0.39, 0.29) is 31.1 Å². The van der Waals surface area contributed by atoms with Crippen LogP contribution in [0.4, 0.5) is 0 Å². The predicted molar refractivity (Wildman–Crippen MR) is 307 cm³/mol. The molecule has 0 bridgehead atoms. The summed E-state index contributed by atoms with van der Waals surface area (Å²) in [6.45, 7) is 6.64. The summed E-state index contributed by atoms with van der Waals surface area (Å²) in [4.78, 5) is 38.3. The largest absolute Gasteiger partial charge is 0.462 e. The Morgan fingerprint density at radius 3 is 0.831 bits per heavy atom. The molecule has 0 amide bonds. The summed E-state index contributed by atoms with van der Waals surface area (Å²) in [5.74, 6) is -0.879. The molecule has 0 unspecified atom stereocenters. The van der Waals surface area contributed by atoms with E-state index in [9.17, 15) is 14.4 Å². The van der Waals surface area contributed by atoms with Crippen LogP contribution in [-0.4, -0.2) is 37.2 Å². The molecule has 71 heavy (non-hydrogen) atoms. The van der Waals surface area contributed by atoms with Crippen LogP contribution in [0.15, 0.2) is 48.6 Å².